The molecule has 1 saturated heterocycles. The Morgan fingerprint density at radius 2 is 2.04 bits per heavy atom. The Labute approximate surface area is 156 Å². The van der Waals surface area contributed by atoms with Crippen LogP contribution in [0, 0.1) is 5.82 Å². The van der Waals surface area contributed by atoms with Crippen molar-refractivity contribution in [2.75, 3.05) is 24.5 Å². The standard InChI is InChI=1S/C20H22FN5O/c1-14-12-26(10-9-25(14)13-15-7-8-22-11-17(15)21)20-23-18-6-4-3-5-16(18)19(27)24(20)2/h3-8,11,14H,9-10,12-13H2,1-2H3. The molecule has 1 fully saturated rings. The summed E-state index contributed by atoms with van der Waals surface area (Å²) in [4.78, 5) is 25.6. The predicted molar refractivity (Wildman–Crippen MR) is 103 cm³/mol. The molecular formula is C20H22FN5O. The Bertz CT molecular complexity index is 1030. The molecule has 0 N–H and O–H groups in total. The smallest absolute Gasteiger partial charge is 0.262 e. The maximum atomic E-state index is 13.9. The zero-order chi connectivity index (χ0) is 19.0. The fraction of sp³-hybridized carbons (Fsp3) is 0.350. The first-order chi connectivity index (χ1) is 13.0. The van der Waals surface area contributed by atoms with Gasteiger partial charge in [-0.25, -0.2) is 9.37 Å². The van der Waals surface area contributed by atoms with E-state index in [-0.39, 0.29) is 17.4 Å². The minimum absolute atomic E-state index is 0.0375. The number of hydrogen-bond donors (Lipinski definition) is 0. The predicted octanol–water partition coefficient (Wildman–Crippen LogP) is 2.18. The lowest BCUT2D eigenvalue weighted by Gasteiger charge is -2.40. The van der Waals surface area contributed by atoms with Gasteiger partial charge in [-0.1, -0.05) is 12.1 Å². The minimum atomic E-state index is -0.272. The number of pyridine rings is 1. The van der Waals surface area contributed by atoms with E-state index in [0.717, 1.165) is 19.6 Å². The molecule has 4 rings (SSSR count). The molecule has 140 valence electrons. The van der Waals surface area contributed by atoms with Gasteiger partial charge in [-0.2, -0.15) is 0 Å². The Kier molecular flexibility index (Phi) is 4.61. The number of aromatic nitrogens is 3. The third-order valence-electron chi connectivity index (χ3n) is 5.24. The second-order valence-corrected chi connectivity index (χ2v) is 7.03. The summed E-state index contributed by atoms with van der Waals surface area (Å²) in [6, 6.07) is 9.34. The summed E-state index contributed by atoms with van der Waals surface area (Å²) < 4.78 is 15.5. The SMILES string of the molecule is CC1CN(c2nc3ccccc3c(=O)n2C)CCN1Cc1ccncc1F. The van der Waals surface area contributed by atoms with Crippen LogP contribution in [0.2, 0.25) is 0 Å². The summed E-state index contributed by atoms with van der Waals surface area (Å²) in [6.45, 7) is 4.89. The van der Waals surface area contributed by atoms with Crippen molar-refractivity contribution < 1.29 is 4.39 Å². The van der Waals surface area contributed by atoms with Gasteiger partial charge in [-0.15, -0.1) is 0 Å². The largest absolute Gasteiger partial charge is 0.339 e. The molecule has 0 aliphatic carbocycles. The van der Waals surface area contributed by atoms with Crippen LogP contribution in [-0.2, 0) is 13.6 Å². The van der Waals surface area contributed by atoms with Gasteiger partial charge in [-0.3, -0.25) is 19.2 Å². The van der Waals surface area contributed by atoms with Crippen molar-refractivity contribution in [3.05, 3.63) is 64.5 Å². The molecule has 1 atom stereocenters. The van der Waals surface area contributed by atoms with E-state index >= 15 is 0 Å². The van der Waals surface area contributed by atoms with E-state index in [2.05, 4.69) is 21.7 Å². The summed E-state index contributed by atoms with van der Waals surface area (Å²) >= 11 is 0. The van der Waals surface area contributed by atoms with Gasteiger partial charge in [0, 0.05) is 51.0 Å². The van der Waals surface area contributed by atoms with Crippen LogP contribution in [0.1, 0.15) is 12.5 Å². The fourth-order valence-corrected chi connectivity index (χ4v) is 3.65. The molecule has 3 heterocycles. The maximum Gasteiger partial charge on any atom is 0.262 e. The molecule has 1 unspecified atom stereocenters. The summed E-state index contributed by atoms with van der Waals surface area (Å²) in [6.07, 6.45) is 2.87. The topological polar surface area (TPSA) is 54.3 Å². The van der Waals surface area contributed by atoms with Gasteiger partial charge in [0.15, 0.2) is 0 Å². The first-order valence-corrected chi connectivity index (χ1v) is 9.08. The first kappa shape index (κ1) is 17.6. The van der Waals surface area contributed by atoms with Gasteiger partial charge in [0.05, 0.1) is 17.1 Å². The van der Waals surface area contributed by atoms with Gasteiger partial charge in [0.25, 0.3) is 5.56 Å². The molecule has 6 nitrogen and oxygen atoms in total. The third kappa shape index (κ3) is 3.30. The second kappa shape index (κ2) is 7.08. The minimum Gasteiger partial charge on any atom is -0.339 e. The highest BCUT2D eigenvalue weighted by Crippen LogP contribution is 2.20. The van der Waals surface area contributed by atoms with E-state index in [1.54, 1.807) is 29.9 Å². The highest BCUT2D eigenvalue weighted by Gasteiger charge is 2.27. The molecule has 7 heteroatoms. The van der Waals surface area contributed by atoms with E-state index in [1.807, 2.05) is 18.2 Å². The zero-order valence-corrected chi connectivity index (χ0v) is 15.5. The molecule has 1 aliphatic heterocycles. The molecule has 3 aromatic rings. The number of hydrogen-bond acceptors (Lipinski definition) is 5. The van der Waals surface area contributed by atoms with E-state index < -0.39 is 0 Å². The number of rotatable bonds is 3. The molecular weight excluding hydrogens is 345 g/mol. The zero-order valence-electron chi connectivity index (χ0n) is 15.5. The van der Waals surface area contributed by atoms with Crippen molar-refractivity contribution in [2.45, 2.75) is 19.5 Å². The normalized spacial score (nSPS) is 18.2. The Morgan fingerprint density at radius 1 is 1.22 bits per heavy atom. The van der Waals surface area contributed by atoms with E-state index in [1.165, 1.54) is 6.20 Å². The number of piperazine rings is 1. The molecule has 0 radical (unpaired) electrons. The molecule has 27 heavy (non-hydrogen) atoms. The molecule has 0 spiro atoms. The van der Waals surface area contributed by atoms with Gasteiger partial charge >= 0.3 is 0 Å². The summed E-state index contributed by atoms with van der Waals surface area (Å²) in [5.74, 6) is 0.408. The quantitative estimate of drug-likeness (QED) is 0.710. The van der Waals surface area contributed by atoms with Gasteiger partial charge in [0.1, 0.15) is 5.82 Å². The lowest BCUT2D eigenvalue weighted by Crippen LogP contribution is -2.52. The molecule has 1 aromatic carbocycles. The van der Waals surface area contributed by atoms with Crippen molar-refractivity contribution in [3.63, 3.8) is 0 Å². The van der Waals surface area contributed by atoms with Crippen LogP contribution in [0.25, 0.3) is 10.9 Å². The van der Waals surface area contributed by atoms with Crippen LogP contribution in [-0.4, -0.2) is 45.1 Å². The number of halogens is 1. The fourth-order valence-electron chi connectivity index (χ4n) is 3.65. The monoisotopic (exact) mass is 367 g/mol. The van der Waals surface area contributed by atoms with Crippen molar-refractivity contribution in [1.29, 1.82) is 0 Å². The molecule has 0 saturated carbocycles. The second-order valence-electron chi connectivity index (χ2n) is 7.03. The number of nitrogens with zero attached hydrogens (tertiary/aromatic N) is 5. The summed E-state index contributed by atoms with van der Waals surface area (Å²) in [5, 5.41) is 0.628. The van der Waals surface area contributed by atoms with Crippen molar-refractivity contribution >= 4 is 16.9 Å². The lowest BCUT2D eigenvalue weighted by molar-refractivity contribution is 0.177. The molecule has 0 bridgehead atoms. The van der Waals surface area contributed by atoms with Crippen molar-refractivity contribution in [3.8, 4) is 0 Å². The number of anilines is 1. The van der Waals surface area contributed by atoms with Gasteiger partial charge in [-0.05, 0) is 25.1 Å². The van der Waals surface area contributed by atoms with E-state index in [9.17, 15) is 9.18 Å². The van der Waals surface area contributed by atoms with Crippen LogP contribution < -0.4 is 10.5 Å². The maximum absolute atomic E-state index is 13.9. The van der Waals surface area contributed by atoms with Crippen molar-refractivity contribution in [2.24, 2.45) is 7.05 Å². The van der Waals surface area contributed by atoms with Crippen LogP contribution >= 0.6 is 0 Å². The van der Waals surface area contributed by atoms with Gasteiger partial charge in [0.2, 0.25) is 5.95 Å². The Morgan fingerprint density at radius 3 is 2.81 bits per heavy atom. The number of fused-ring (bicyclic) bond motifs is 1. The third-order valence-corrected chi connectivity index (χ3v) is 5.24. The van der Waals surface area contributed by atoms with E-state index in [0.29, 0.717) is 29.0 Å². The molecule has 0 amide bonds. The summed E-state index contributed by atoms with van der Waals surface area (Å²) in [7, 11) is 1.76. The highest BCUT2D eigenvalue weighted by molar-refractivity contribution is 5.78. The Balaban J connectivity index is 1.56. The van der Waals surface area contributed by atoms with Crippen LogP contribution in [0.15, 0.2) is 47.5 Å². The van der Waals surface area contributed by atoms with Crippen LogP contribution in [0.3, 0.4) is 0 Å². The van der Waals surface area contributed by atoms with E-state index in [4.69, 9.17) is 4.98 Å². The average Bonchev–Trinajstić information content (AvgIpc) is 2.68. The Hall–Kier alpha value is -2.80. The molecule has 1 aliphatic rings. The lowest BCUT2D eigenvalue weighted by atomic mass is 10.1. The van der Waals surface area contributed by atoms with Crippen molar-refractivity contribution in [1.82, 2.24) is 19.4 Å². The van der Waals surface area contributed by atoms with Crippen LogP contribution in [0.4, 0.5) is 10.3 Å². The van der Waals surface area contributed by atoms with Gasteiger partial charge < -0.3 is 4.90 Å². The summed E-state index contributed by atoms with van der Waals surface area (Å²) in [5.41, 5.74) is 1.33. The molecule has 2 aromatic heterocycles. The number of para-hydroxylation sites is 1. The number of benzene rings is 1. The average molecular weight is 367 g/mol. The van der Waals surface area contributed by atoms with Crippen LogP contribution in [0.5, 0.6) is 0 Å². The highest BCUT2D eigenvalue weighted by atomic mass is 19.1. The first-order valence-electron chi connectivity index (χ1n) is 9.08.